The molecule has 0 atom stereocenters. The molecular formula is C18H20N2O4S. The third-order valence-electron chi connectivity index (χ3n) is 3.80. The maximum atomic E-state index is 11.9. The number of aryl methyl sites for hydroxylation is 1. The van der Waals surface area contributed by atoms with Crippen LogP contribution in [0.4, 0.5) is 11.4 Å². The molecule has 0 bridgehead atoms. The first-order chi connectivity index (χ1) is 12.1. The van der Waals surface area contributed by atoms with E-state index in [9.17, 15) is 9.59 Å². The Kier molecular flexibility index (Phi) is 5.67. The molecule has 6 nitrogen and oxygen atoms in total. The Morgan fingerprint density at radius 1 is 1.16 bits per heavy atom. The van der Waals surface area contributed by atoms with E-state index >= 15 is 0 Å². The Bertz CT molecular complexity index is 736. The Morgan fingerprint density at radius 3 is 2.52 bits per heavy atom. The molecule has 25 heavy (non-hydrogen) atoms. The van der Waals surface area contributed by atoms with Gasteiger partial charge >= 0.3 is 5.97 Å². The molecule has 1 saturated heterocycles. The standard InChI is InChI=1S/C18H20N2O4S/c1-13-2-7-16(25-13)18(22)24-12-17(21)19-14-3-5-15(6-4-14)20-8-10-23-11-9-20/h2-7H,8-12H2,1H3,(H,19,21). The summed E-state index contributed by atoms with van der Waals surface area (Å²) in [6.07, 6.45) is 0. The second kappa shape index (κ2) is 8.13. The monoisotopic (exact) mass is 360 g/mol. The predicted molar refractivity (Wildman–Crippen MR) is 97.4 cm³/mol. The van der Waals surface area contributed by atoms with Gasteiger partial charge in [0, 0.05) is 29.3 Å². The number of esters is 1. The van der Waals surface area contributed by atoms with Crippen molar-refractivity contribution in [2.24, 2.45) is 0 Å². The zero-order valence-corrected chi connectivity index (χ0v) is 14.8. The van der Waals surface area contributed by atoms with Gasteiger partial charge in [-0.05, 0) is 43.3 Å². The zero-order chi connectivity index (χ0) is 17.6. The number of morpholine rings is 1. The first-order valence-corrected chi connectivity index (χ1v) is 8.89. The first kappa shape index (κ1) is 17.4. The van der Waals surface area contributed by atoms with Crippen LogP contribution >= 0.6 is 11.3 Å². The number of ether oxygens (including phenoxy) is 2. The molecule has 0 aliphatic carbocycles. The second-order valence-corrected chi connectivity index (χ2v) is 6.97. The van der Waals surface area contributed by atoms with Crippen LogP contribution < -0.4 is 10.2 Å². The fourth-order valence-electron chi connectivity index (χ4n) is 2.52. The zero-order valence-electron chi connectivity index (χ0n) is 14.0. The van der Waals surface area contributed by atoms with Crippen LogP contribution in [0.25, 0.3) is 0 Å². The van der Waals surface area contributed by atoms with Crippen molar-refractivity contribution in [2.45, 2.75) is 6.92 Å². The third-order valence-corrected chi connectivity index (χ3v) is 4.78. The molecule has 1 amide bonds. The van der Waals surface area contributed by atoms with Gasteiger partial charge in [-0.2, -0.15) is 0 Å². The summed E-state index contributed by atoms with van der Waals surface area (Å²) in [5.41, 5.74) is 1.77. The number of carbonyl (C=O) groups is 2. The Labute approximate surface area is 150 Å². The summed E-state index contributed by atoms with van der Waals surface area (Å²) < 4.78 is 10.4. The minimum absolute atomic E-state index is 0.305. The molecule has 2 heterocycles. The van der Waals surface area contributed by atoms with Crippen molar-refractivity contribution in [1.82, 2.24) is 0 Å². The second-order valence-electron chi connectivity index (χ2n) is 5.68. The van der Waals surface area contributed by atoms with Crippen LogP contribution in [0.15, 0.2) is 36.4 Å². The van der Waals surface area contributed by atoms with Crippen molar-refractivity contribution in [3.05, 3.63) is 46.2 Å². The number of hydrogen-bond acceptors (Lipinski definition) is 6. The number of amides is 1. The third kappa shape index (κ3) is 4.80. The van der Waals surface area contributed by atoms with E-state index in [1.54, 1.807) is 6.07 Å². The molecular weight excluding hydrogens is 340 g/mol. The molecule has 0 spiro atoms. The number of thiophene rings is 1. The quantitative estimate of drug-likeness (QED) is 0.831. The normalized spacial score (nSPS) is 14.2. The maximum absolute atomic E-state index is 11.9. The van der Waals surface area contributed by atoms with Gasteiger partial charge < -0.3 is 19.7 Å². The summed E-state index contributed by atoms with van der Waals surface area (Å²) in [4.78, 5) is 27.5. The topological polar surface area (TPSA) is 67.9 Å². The smallest absolute Gasteiger partial charge is 0.348 e. The lowest BCUT2D eigenvalue weighted by Gasteiger charge is -2.28. The van der Waals surface area contributed by atoms with E-state index in [-0.39, 0.29) is 12.5 Å². The van der Waals surface area contributed by atoms with Gasteiger partial charge in [0.1, 0.15) is 4.88 Å². The minimum Gasteiger partial charge on any atom is -0.451 e. The molecule has 1 aliphatic heterocycles. The van der Waals surface area contributed by atoms with E-state index in [4.69, 9.17) is 9.47 Å². The lowest BCUT2D eigenvalue weighted by atomic mass is 10.2. The first-order valence-electron chi connectivity index (χ1n) is 8.08. The summed E-state index contributed by atoms with van der Waals surface area (Å²) >= 11 is 1.35. The number of benzene rings is 1. The van der Waals surface area contributed by atoms with Crippen molar-refractivity contribution < 1.29 is 19.1 Å². The van der Waals surface area contributed by atoms with Crippen LogP contribution in [-0.4, -0.2) is 44.8 Å². The van der Waals surface area contributed by atoms with Gasteiger partial charge in [-0.25, -0.2) is 4.79 Å². The van der Waals surface area contributed by atoms with E-state index in [0.717, 1.165) is 36.9 Å². The molecule has 0 radical (unpaired) electrons. The Morgan fingerprint density at radius 2 is 1.88 bits per heavy atom. The van der Waals surface area contributed by atoms with Crippen molar-refractivity contribution in [1.29, 1.82) is 0 Å². The van der Waals surface area contributed by atoms with Crippen LogP contribution in [0.2, 0.25) is 0 Å². The van der Waals surface area contributed by atoms with Crippen LogP contribution in [0.3, 0.4) is 0 Å². The molecule has 0 unspecified atom stereocenters. The minimum atomic E-state index is -0.476. The lowest BCUT2D eigenvalue weighted by molar-refractivity contribution is -0.119. The molecule has 0 saturated carbocycles. The average Bonchev–Trinajstić information content (AvgIpc) is 3.08. The molecule has 1 N–H and O–H groups in total. The molecule has 7 heteroatoms. The molecule has 1 aromatic carbocycles. The van der Waals surface area contributed by atoms with Crippen molar-refractivity contribution >= 4 is 34.6 Å². The predicted octanol–water partition coefficient (Wildman–Crippen LogP) is 2.69. The van der Waals surface area contributed by atoms with Crippen molar-refractivity contribution in [3.8, 4) is 0 Å². The average molecular weight is 360 g/mol. The highest BCUT2D eigenvalue weighted by Crippen LogP contribution is 2.19. The lowest BCUT2D eigenvalue weighted by Crippen LogP contribution is -2.36. The summed E-state index contributed by atoms with van der Waals surface area (Å²) in [5, 5.41) is 2.73. The van der Waals surface area contributed by atoms with Gasteiger partial charge in [-0.3, -0.25) is 4.79 Å². The fourth-order valence-corrected chi connectivity index (χ4v) is 3.28. The highest BCUT2D eigenvalue weighted by Gasteiger charge is 2.13. The van der Waals surface area contributed by atoms with E-state index in [1.807, 2.05) is 37.3 Å². The molecule has 3 rings (SSSR count). The van der Waals surface area contributed by atoms with Crippen LogP contribution in [0.1, 0.15) is 14.5 Å². The summed E-state index contributed by atoms with van der Waals surface area (Å²) in [5.74, 6) is -0.836. The summed E-state index contributed by atoms with van der Waals surface area (Å²) in [6.45, 7) is 4.80. The number of rotatable bonds is 5. The Balaban J connectivity index is 1.48. The number of nitrogens with one attached hydrogen (secondary N) is 1. The van der Waals surface area contributed by atoms with Crippen LogP contribution in [-0.2, 0) is 14.3 Å². The summed E-state index contributed by atoms with van der Waals surface area (Å²) in [6, 6.07) is 11.1. The largest absolute Gasteiger partial charge is 0.451 e. The Hall–Kier alpha value is -2.38. The molecule has 132 valence electrons. The molecule has 2 aromatic rings. The van der Waals surface area contributed by atoms with Gasteiger partial charge in [-0.1, -0.05) is 0 Å². The number of hydrogen-bond donors (Lipinski definition) is 1. The fraction of sp³-hybridized carbons (Fsp3) is 0.333. The van der Waals surface area contributed by atoms with Gasteiger partial charge in [0.25, 0.3) is 5.91 Å². The number of anilines is 2. The number of carbonyl (C=O) groups excluding carboxylic acids is 2. The van der Waals surface area contributed by atoms with Crippen LogP contribution in [0.5, 0.6) is 0 Å². The van der Waals surface area contributed by atoms with E-state index in [2.05, 4.69) is 10.2 Å². The van der Waals surface area contributed by atoms with Gasteiger partial charge in [0.2, 0.25) is 0 Å². The van der Waals surface area contributed by atoms with Crippen molar-refractivity contribution in [3.63, 3.8) is 0 Å². The molecule has 1 fully saturated rings. The van der Waals surface area contributed by atoms with Gasteiger partial charge in [0.05, 0.1) is 13.2 Å². The van der Waals surface area contributed by atoms with E-state index < -0.39 is 5.97 Å². The maximum Gasteiger partial charge on any atom is 0.348 e. The van der Waals surface area contributed by atoms with Crippen LogP contribution in [0, 0.1) is 6.92 Å². The number of nitrogens with zero attached hydrogens (tertiary/aromatic N) is 1. The highest BCUT2D eigenvalue weighted by molar-refractivity contribution is 7.13. The van der Waals surface area contributed by atoms with Gasteiger partial charge in [0.15, 0.2) is 6.61 Å². The summed E-state index contributed by atoms with van der Waals surface area (Å²) in [7, 11) is 0. The van der Waals surface area contributed by atoms with E-state index in [0.29, 0.717) is 10.6 Å². The van der Waals surface area contributed by atoms with E-state index in [1.165, 1.54) is 11.3 Å². The molecule has 1 aliphatic rings. The van der Waals surface area contributed by atoms with Crippen molar-refractivity contribution in [2.75, 3.05) is 43.1 Å². The molecule has 1 aromatic heterocycles. The SMILES string of the molecule is Cc1ccc(C(=O)OCC(=O)Nc2ccc(N3CCOCC3)cc2)s1. The highest BCUT2D eigenvalue weighted by atomic mass is 32.1. The van der Waals surface area contributed by atoms with Gasteiger partial charge in [-0.15, -0.1) is 11.3 Å².